The SMILES string of the molecule is CN(C)CCNS(=O)(=O)CCCc1ccccc1. The van der Waals surface area contributed by atoms with Crippen molar-refractivity contribution in [2.75, 3.05) is 32.9 Å². The van der Waals surface area contributed by atoms with Crippen LogP contribution in [-0.2, 0) is 16.4 Å². The van der Waals surface area contributed by atoms with Gasteiger partial charge in [-0.05, 0) is 32.5 Å². The Morgan fingerprint density at radius 1 is 1.17 bits per heavy atom. The van der Waals surface area contributed by atoms with Crippen LogP contribution < -0.4 is 4.72 Å². The van der Waals surface area contributed by atoms with Crippen molar-refractivity contribution in [1.82, 2.24) is 9.62 Å². The average molecular weight is 270 g/mol. The maximum absolute atomic E-state index is 11.7. The van der Waals surface area contributed by atoms with E-state index in [4.69, 9.17) is 0 Å². The molecule has 0 amide bonds. The zero-order chi connectivity index (χ0) is 13.4. The van der Waals surface area contributed by atoms with Gasteiger partial charge >= 0.3 is 0 Å². The standard InChI is InChI=1S/C13H22N2O2S/c1-15(2)11-10-14-18(16,17)12-6-9-13-7-4-3-5-8-13/h3-5,7-8,14H,6,9-12H2,1-2H3. The molecule has 0 aliphatic rings. The molecule has 18 heavy (non-hydrogen) atoms. The van der Waals surface area contributed by atoms with Crippen LogP contribution in [0.5, 0.6) is 0 Å². The molecular formula is C13H22N2O2S. The Kier molecular flexibility index (Phi) is 6.32. The number of nitrogens with one attached hydrogen (secondary N) is 1. The number of likely N-dealkylation sites (N-methyl/N-ethyl adjacent to an activating group) is 1. The number of benzene rings is 1. The van der Waals surface area contributed by atoms with Gasteiger partial charge in [0.15, 0.2) is 0 Å². The van der Waals surface area contributed by atoms with E-state index in [0.29, 0.717) is 13.0 Å². The summed E-state index contributed by atoms with van der Waals surface area (Å²) in [7, 11) is 0.717. The molecule has 0 aliphatic heterocycles. The topological polar surface area (TPSA) is 49.4 Å². The van der Waals surface area contributed by atoms with Crippen LogP contribution in [0, 0.1) is 0 Å². The van der Waals surface area contributed by atoms with Crippen molar-refractivity contribution in [2.45, 2.75) is 12.8 Å². The average Bonchev–Trinajstić information content (AvgIpc) is 2.29. The molecule has 0 aliphatic carbocycles. The monoisotopic (exact) mass is 270 g/mol. The molecule has 0 atom stereocenters. The first kappa shape index (κ1) is 15.1. The molecule has 5 heteroatoms. The third kappa shape index (κ3) is 6.74. The highest BCUT2D eigenvalue weighted by atomic mass is 32.2. The number of hydrogen-bond acceptors (Lipinski definition) is 3. The first-order chi connectivity index (χ1) is 8.49. The third-order valence-electron chi connectivity index (χ3n) is 2.60. The van der Waals surface area contributed by atoms with Gasteiger partial charge < -0.3 is 4.90 Å². The largest absolute Gasteiger partial charge is 0.308 e. The normalized spacial score (nSPS) is 11.9. The molecule has 0 heterocycles. The Labute approximate surface area is 110 Å². The van der Waals surface area contributed by atoms with Crippen LogP contribution in [-0.4, -0.2) is 46.3 Å². The van der Waals surface area contributed by atoms with Crippen molar-refractivity contribution < 1.29 is 8.42 Å². The van der Waals surface area contributed by atoms with Crippen LogP contribution >= 0.6 is 0 Å². The van der Waals surface area contributed by atoms with Crippen LogP contribution in [0.4, 0.5) is 0 Å². The lowest BCUT2D eigenvalue weighted by atomic mass is 10.1. The fourth-order valence-corrected chi connectivity index (χ4v) is 2.68. The van der Waals surface area contributed by atoms with Gasteiger partial charge in [0.1, 0.15) is 0 Å². The summed E-state index contributed by atoms with van der Waals surface area (Å²) >= 11 is 0. The molecule has 0 spiro atoms. The molecule has 1 aromatic rings. The molecule has 0 unspecified atom stereocenters. The summed E-state index contributed by atoms with van der Waals surface area (Å²) in [6.07, 6.45) is 1.46. The molecule has 102 valence electrons. The Morgan fingerprint density at radius 3 is 2.44 bits per heavy atom. The highest BCUT2D eigenvalue weighted by Crippen LogP contribution is 2.03. The third-order valence-corrected chi connectivity index (χ3v) is 4.07. The van der Waals surface area contributed by atoms with Crippen LogP contribution in [0.15, 0.2) is 30.3 Å². The van der Waals surface area contributed by atoms with Crippen LogP contribution in [0.25, 0.3) is 0 Å². The van der Waals surface area contributed by atoms with Gasteiger partial charge in [-0.2, -0.15) is 0 Å². The fraction of sp³-hybridized carbons (Fsp3) is 0.538. The summed E-state index contributed by atoms with van der Waals surface area (Å²) in [6.45, 7) is 1.19. The van der Waals surface area contributed by atoms with E-state index in [2.05, 4.69) is 4.72 Å². The van der Waals surface area contributed by atoms with Gasteiger partial charge in [0, 0.05) is 13.1 Å². The van der Waals surface area contributed by atoms with E-state index in [0.717, 1.165) is 13.0 Å². The van der Waals surface area contributed by atoms with Crippen LogP contribution in [0.1, 0.15) is 12.0 Å². The lowest BCUT2D eigenvalue weighted by Gasteiger charge is -2.10. The van der Waals surface area contributed by atoms with Gasteiger partial charge in [-0.3, -0.25) is 0 Å². The van der Waals surface area contributed by atoms with Gasteiger partial charge in [-0.15, -0.1) is 0 Å². The molecule has 1 aromatic carbocycles. The minimum atomic E-state index is -3.12. The lowest BCUT2D eigenvalue weighted by molar-refractivity contribution is 0.412. The Bertz CT molecular complexity index is 430. The quantitative estimate of drug-likeness (QED) is 0.769. The van der Waals surface area contributed by atoms with Gasteiger partial charge in [0.25, 0.3) is 0 Å². The second-order valence-corrected chi connectivity index (χ2v) is 6.53. The maximum atomic E-state index is 11.7. The Morgan fingerprint density at radius 2 is 1.83 bits per heavy atom. The zero-order valence-corrected chi connectivity index (χ0v) is 11.9. The van der Waals surface area contributed by atoms with Gasteiger partial charge in [0.05, 0.1) is 5.75 Å². The molecule has 0 fully saturated rings. The molecule has 0 radical (unpaired) electrons. The Hall–Kier alpha value is -0.910. The summed E-state index contributed by atoms with van der Waals surface area (Å²) in [5.41, 5.74) is 1.18. The predicted octanol–water partition coefficient (Wildman–Crippen LogP) is 1.10. The fourth-order valence-electron chi connectivity index (χ4n) is 1.61. The lowest BCUT2D eigenvalue weighted by Crippen LogP contribution is -2.33. The summed E-state index contributed by atoms with van der Waals surface area (Å²) in [4.78, 5) is 1.95. The molecule has 1 N–H and O–H groups in total. The van der Waals surface area contributed by atoms with Crippen molar-refractivity contribution >= 4 is 10.0 Å². The summed E-state index contributed by atoms with van der Waals surface area (Å²) in [5, 5.41) is 0. The smallest absolute Gasteiger partial charge is 0.211 e. The molecule has 0 saturated heterocycles. The molecule has 1 rings (SSSR count). The number of rotatable bonds is 8. The maximum Gasteiger partial charge on any atom is 0.211 e. The van der Waals surface area contributed by atoms with Gasteiger partial charge in [-0.25, -0.2) is 13.1 Å². The predicted molar refractivity (Wildman–Crippen MR) is 75.1 cm³/mol. The van der Waals surface area contributed by atoms with Gasteiger partial charge in [-0.1, -0.05) is 30.3 Å². The van der Waals surface area contributed by atoms with Crippen LogP contribution in [0.3, 0.4) is 0 Å². The van der Waals surface area contributed by atoms with Crippen molar-refractivity contribution in [3.05, 3.63) is 35.9 Å². The minimum Gasteiger partial charge on any atom is -0.308 e. The van der Waals surface area contributed by atoms with E-state index in [9.17, 15) is 8.42 Å². The molecule has 0 saturated carbocycles. The summed E-state index contributed by atoms with van der Waals surface area (Å²) in [5.74, 6) is 0.190. The highest BCUT2D eigenvalue weighted by Gasteiger charge is 2.09. The Balaban J connectivity index is 2.25. The van der Waals surface area contributed by atoms with E-state index < -0.39 is 10.0 Å². The minimum absolute atomic E-state index is 0.190. The summed E-state index contributed by atoms with van der Waals surface area (Å²) < 4.78 is 26.0. The van der Waals surface area contributed by atoms with E-state index >= 15 is 0 Å². The second kappa shape index (κ2) is 7.51. The first-order valence-corrected chi connectivity index (χ1v) is 7.81. The van der Waals surface area contributed by atoms with E-state index in [1.54, 1.807) is 0 Å². The number of hydrogen-bond donors (Lipinski definition) is 1. The molecule has 0 bridgehead atoms. The molecular weight excluding hydrogens is 248 g/mol. The van der Waals surface area contributed by atoms with Crippen molar-refractivity contribution in [3.63, 3.8) is 0 Å². The van der Waals surface area contributed by atoms with E-state index in [-0.39, 0.29) is 5.75 Å². The van der Waals surface area contributed by atoms with Crippen molar-refractivity contribution in [2.24, 2.45) is 0 Å². The van der Waals surface area contributed by atoms with Crippen molar-refractivity contribution in [1.29, 1.82) is 0 Å². The van der Waals surface area contributed by atoms with E-state index in [1.807, 2.05) is 49.3 Å². The second-order valence-electron chi connectivity index (χ2n) is 4.61. The number of aryl methyl sites for hydroxylation is 1. The van der Waals surface area contributed by atoms with Crippen LogP contribution in [0.2, 0.25) is 0 Å². The number of sulfonamides is 1. The van der Waals surface area contributed by atoms with E-state index in [1.165, 1.54) is 5.56 Å². The first-order valence-electron chi connectivity index (χ1n) is 6.15. The van der Waals surface area contributed by atoms with Gasteiger partial charge in [0.2, 0.25) is 10.0 Å². The van der Waals surface area contributed by atoms with Crippen molar-refractivity contribution in [3.8, 4) is 0 Å². The molecule has 0 aromatic heterocycles. The number of nitrogens with zero attached hydrogens (tertiary/aromatic N) is 1. The molecule has 4 nitrogen and oxygen atoms in total. The highest BCUT2D eigenvalue weighted by molar-refractivity contribution is 7.89. The summed E-state index contributed by atoms with van der Waals surface area (Å²) in [6, 6.07) is 9.94. The zero-order valence-electron chi connectivity index (χ0n) is 11.1.